The molecule has 2 heteroatoms. The first-order valence-corrected chi connectivity index (χ1v) is 10.4. The molecule has 0 aliphatic carbocycles. The van der Waals surface area contributed by atoms with Crippen LogP contribution in [0.2, 0.25) is 0 Å². The van der Waals surface area contributed by atoms with Gasteiger partial charge in [0.1, 0.15) is 0 Å². The fraction of sp³-hybridized carbons (Fsp3) is 0.333. The van der Waals surface area contributed by atoms with Gasteiger partial charge in [0, 0.05) is 0 Å². The summed E-state index contributed by atoms with van der Waals surface area (Å²) in [6, 6.07) is 7.32. The van der Waals surface area contributed by atoms with Gasteiger partial charge in [-0.3, -0.25) is 0 Å². The summed E-state index contributed by atoms with van der Waals surface area (Å²) in [7, 11) is 0. The Morgan fingerprint density at radius 3 is 2.09 bits per heavy atom. The van der Waals surface area contributed by atoms with E-state index in [9.17, 15) is 0 Å². The van der Waals surface area contributed by atoms with Crippen molar-refractivity contribution >= 4 is 13.6 Å². The third kappa shape index (κ3) is 4.03. The third-order valence-electron chi connectivity index (χ3n) is 1.57. The van der Waals surface area contributed by atoms with Crippen LogP contribution in [0, 0.1) is 26.8 Å². The summed E-state index contributed by atoms with van der Waals surface area (Å²) >= 11 is 4.25. The first-order valence-electron chi connectivity index (χ1n) is 3.42. The van der Waals surface area contributed by atoms with E-state index in [2.05, 4.69) is 46.5 Å². The molecule has 0 unspecified atom stereocenters. The Morgan fingerprint density at radius 1 is 1.18 bits per heavy atom. The van der Waals surface area contributed by atoms with Gasteiger partial charge in [0.15, 0.2) is 0 Å². The topological polar surface area (TPSA) is 0 Å². The zero-order chi connectivity index (χ0) is 8.85. The van der Waals surface area contributed by atoms with Crippen molar-refractivity contribution in [3.63, 3.8) is 0 Å². The SMILES string of the molecule is Cc1[c-]cc(C)c(C)c1.[Zn+][Br]. The van der Waals surface area contributed by atoms with Gasteiger partial charge in [-0.2, -0.15) is 34.9 Å². The Balaban J connectivity index is 0.000000461. The van der Waals surface area contributed by atoms with E-state index in [1.54, 1.807) is 0 Å². The van der Waals surface area contributed by atoms with Crippen LogP contribution >= 0.6 is 13.6 Å². The van der Waals surface area contributed by atoms with Gasteiger partial charge in [0.05, 0.1) is 0 Å². The molecule has 0 bridgehead atoms. The molecule has 0 atom stereocenters. The van der Waals surface area contributed by atoms with Gasteiger partial charge < -0.3 is 0 Å². The predicted molar refractivity (Wildman–Crippen MR) is 48.4 cm³/mol. The van der Waals surface area contributed by atoms with E-state index in [-0.39, 0.29) is 0 Å². The Bertz CT molecular complexity index is 221. The normalized spacial score (nSPS) is 8.55. The van der Waals surface area contributed by atoms with E-state index in [1.807, 2.05) is 6.07 Å². The number of hydrogen-bond acceptors (Lipinski definition) is 0. The van der Waals surface area contributed by atoms with Crippen LogP contribution in [0.5, 0.6) is 0 Å². The molecule has 0 saturated heterocycles. The number of benzene rings is 1. The maximum absolute atomic E-state index is 3.14. The molecule has 1 aromatic carbocycles. The summed E-state index contributed by atoms with van der Waals surface area (Å²) in [4.78, 5) is 0. The molecule has 11 heavy (non-hydrogen) atoms. The molecule has 1 rings (SSSR count). The predicted octanol–water partition coefficient (Wildman–Crippen LogP) is 3.26. The molecule has 0 saturated carbocycles. The summed E-state index contributed by atoms with van der Waals surface area (Å²) < 4.78 is 0. The van der Waals surface area contributed by atoms with Gasteiger partial charge in [0.25, 0.3) is 0 Å². The van der Waals surface area contributed by atoms with Gasteiger partial charge in [0.2, 0.25) is 0 Å². The van der Waals surface area contributed by atoms with E-state index < -0.39 is 0 Å². The maximum atomic E-state index is 3.14. The molecule has 0 amide bonds. The molecule has 0 aromatic heterocycles. The van der Waals surface area contributed by atoms with Crippen molar-refractivity contribution in [3.8, 4) is 0 Å². The van der Waals surface area contributed by atoms with Crippen LogP contribution in [-0.2, 0) is 16.3 Å². The van der Waals surface area contributed by atoms with Gasteiger partial charge >= 0.3 is 30.0 Å². The minimum absolute atomic E-state index is 1.19. The number of aryl methyl sites for hydroxylation is 3. The van der Waals surface area contributed by atoms with Crippen molar-refractivity contribution < 1.29 is 16.3 Å². The Kier molecular flexibility index (Phi) is 6.08. The zero-order valence-electron chi connectivity index (χ0n) is 7.24. The second-order valence-corrected chi connectivity index (χ2v) is 2.48. The molecule has 0 aliphatic rings. The minimum atomic E-state index is 1.19. The summed E-state index contributed by atoms with van der Waals surface area (Å²) in [6.45, 7) is 6.29. The van der Waals surface area contributed by atoms with Crippen LogP contribution in [0.15, 0.2) is 12.1 Å². The summed E-state index contributed by atoms with van der Waals surface area (Å²) in [6.07, 6.45) is 0. The molecule has 0 spiro atoms. The first kappa shape index (κ1) is 11.3. The molecule has 0 fully saturated rings. The summed E-state index contributed by atoms with van der Waals surface area (Å²) in [5, 5.41) is 0. The first-order chi connectivity index (χ1) is 5.20. The second kappa shape index (κ2) is 5.91. The number of halogens is 1. The average molecular weight is 264 g/mol. The summed E-state index contributed by atoms with van der Waals surface area (Å²) in [5.74, 6) is 0. The van der Waals surface area contributed by atoms with Gasteiger partial charge in [-0.1, -0.05) is 20.8 Å². The van der Waals surface area contributed by atoms with Gasteiger partial charge in [-0.15, -0.1) is 0 Å². The molecule has 0 nitrogen and oxygen atoms in total. The van der Waals surface area contributed by atoms with Crippen LogP contribution in [-0.4, -0.2) is 0 Å². The van der Waals surface area contributed by atoms with Crippen LogP contribution < -0.4 is 0 Å². The van der Waals surface area contributed by atoms with Crippen molar-refractivity contribution in [2.75, 3.05) is 0 Å². The van der Waals surface area contributed by atoms with Crippen LogP contribution in [0.25, 0.3) is 0 Å². The average Bonchev–Trinajstić information content (AvgIpc) is 2.02. The molecular weight excluding hydrogens is 253 g/mol. The molecule has 0 heterocycles. The van der Waals surface area contributed by atoms with E-state index in [0.29, 0.717) is 0 Å². The Hall–Kier alpha value is 0.323. The van der Waals surface area contributed by atoms with E-state index in [0.717, 1.165) is 0 Å². The standard InChI is InChI=1S/C9H11.BrH.Zn/c1-7-4-5-8(2)9(3)6-7;;/h5-6H,1-3H3;1H;/q-1;;+2/p-1. The monoisotopic (exact) mass is 262 g/mol. The van der Waals surface area contributed by atoms with Crippen LogP contribution in [0.1, 0.15) is 16.7 Å². The molecule has 1 aromatic rings. The van der Waals surface area contributed by atoms with Crippen molar-refractivity contribution in [1.82, 2.24) is 0 Å². The van der Waals surface area contributed by atoms with Crippen LogP contribution in [0.3, 0.4) is 0 Å². The third-order valence-corrected chi connectivity index (χ3v) is 1.57. The van der Waals surface area contributed by atoms with Crippen LogP contribution in [0.4, 0.5) is 0 Å². The van der Waals surface area contributed by atoms with Crippen molar-refractivity contribution in [2.45, 2.75) is 20.8 Å². The van der Waals surface area contributed by atoms with E-state index in [1.165, 1.54) is 33.0 Å². The Morgan fingerprint density at radius 2 is 1.73 bits per heavy atom. The number of rotatable bonds is 0. The fourth-order valence-electron chi connectivity index (χ4n) is 0.816. The molecule has 0 aliphatic heterocycles. The zero-order valence-corrected chi connectivity index (χ0v) is 11.8. The number of hydrogen-bond donors (Lipinski definition) is 0. The fourth-order valence-corrected chi connectivity index (χ4v) is 0.816. The van der Waals surface area contributed by atoms with E-state index in [4.69, 9.17) is 0 Å². The molecule has 0 N–H and O–H groups in total. The van der Waals surface area contributed by atoms with Crippen molar-refractivity contribution in [1.29, 1.82) is 0 Å². The van der Waals surface area contributed by atoms with Crippen molar-refractivity contribution in [3.05, 3.63) is 34.9 Å². The van der Waals surface area contributed by atoms with Gasteiger partial charge in [-0.25, -0.2) is 0 Å². The van der Waals surface area contributed by atoms with Crippen molar-refractivity contribution in [2.24, 2.45) is 0 Å². The van der Waals surface area contributed by atoms with Gasteiger partial charge in [-0.05, 0) is 0 Å². The molecule has 0 radical (unpaired) electrons. The summed E-state index contributed by atoms with van der Waals surface area (Å²) in [5.41, 5.74) is 3.89. The molecule has 56 valence electrons. The quantitative estimate of drug-likeness (QED) is 0.498. The molecular formula is C9H11BrZn. The van der Waals surface area contributed by atoms with E-state index >= 15 is 0 Å². The second-order valence-electron chi connectivity index (χ2n) is 2.48. The Labute approximate surface area is 85.4 Å².